The third-order valence-electron chi connectivity index (χ3n) is 3.88. The number of nitrogens with zero attached hydrogens (tertiary/aromatic N) is 1. The lowest BCUT2D eigenvalue weighted by atomic mass is 10.0. The molecule has 1 saturated heterocycles. The first kappa shape index (κ1) is 11.2. The average Bonchev–Trinajstić information content (AvgIpc) is 2.97. The molecule has 0 bridgehead atoms. The summed E-state index contributed by atoms with van der Waals surface area (Å²) in [7, 11) is 0. The molecule has 4 heteroatoms. The molecule has 1 heterocycles. The maximum Gasteiger partial charge on any atom is 0.243 e. The molecule has 0 radical (unpaired) electrons. The minimum atomic E-state index is -0.282. The third-order valence-corrected chi connectivity index (χ3v) is 3.88. The Morgan fingerprint density at radius 3 is 2.50 bits per heavy atom. The first-order valence-electron chi connectivity index (χ1n) is 6.32. The molecule has 0 unspecified atom stereocenters. The molecule has 2 N–H and O–H groups in total. The van der Waals surface area contributed by atoms with Gasteiger partial charge in [-0.15, -0.1) is 0 Å². The van der Waals surface area contributed by atoms with Gasteiger partial charge in [-0.3, -0.25) is 10.1 Å². The maximum absolute atomic E-state index is 12.1. The summed E-state index contributed by atoms with van der Waals surface area (Å²) in [5.41, 5.74) is 1.36. The predicted octanol–water partition coefficient (Wildman–Crippen LogP) is 1.59. The number of carbonyl (C=O) groups excluding carboxylic acids is 1. The van der Waals surface area contributed by atoms with E-state index >= 15 is 0 Å². The molecule has 92 valence electrons. The molecule has 1 aliphatic heterocycles. The molecule has 18 heavy (non-hydrogen) atoms. The monoisotopic (exact) mass is 241 g/mol. The molecule has 1 atom stereocenters. The zero-order valence-corrected chi connectivity index (χ0v) is 10.1. The number of hydrogen-bond acceptors (Lipinski definition) is 3. The van der Waals surface area contributed by atoms with Crippen LogP contribution in [0.1, 0.15) is 42.9 Å². The number of amides is 1. The van der Waals surface area contributed by atoms with Crippen LogP contribution in [-0.2, 0) is 4.79 Å². The molecule has 1 amide bonds. The number of nitrogens with one attached hydrogen (secondary N) is 2. The topological polar surface area (TPSA) is 64.9 Å². The van der Waals surface area contributed by atoms with Gasteiger partial charge in [0.2, 0.25) is 5.91 Å². The Hall–Kier alpha value is -1.86. The zero-order valence-electron chi connectivity index (χ0n) is 10.1. The van der Waals surface area contributed by atoms with Crippen LogP contribution in [0.3, 0.4) is 0 Å². The molecule has 3 rings (SSSR count). The molecular formula is C14H15N3O. The van der Waals surface area contributed by atoms with Gasteiger partial charge in [-0.2, -0.15) is 5.26 Å². The Labute approximate surface area is 106 Å². The quantitative estimate of drug-likeness (QED) is 0.784. The first-order chi connectivity index (χ1) is 8.72. The van der Waals surface area contributed by atoms with Gasteiger partial charge >= 0.3 is 0 Å². The average molecular weight is 241 g/mol. The van der Waals surface area contributed by atoms with Crippen molar-refractivity contribution in [3.63, 3.8) is 0 Å². The molecule has 2 aliphatic rings. The fraction of sp³-hybridized carbons (Fsp3) is 0.429. The smallest absolute Gasteiger partial charge is 0.243 e. The highest BCUT2D eigenvalue weighted by Crippen LogP contribution is 2.34. The van der Waals surface area contributed by atoms with Crippen LogP contribution >= 0.6 is 0 Å². The molecule has 1 spiro atoms. The lowest BCUT2D eigenvalue weighted by molar-refractivity contribution is -0.121. The first-order valence-corrected chi connectivity index (χ1v) is 6.32. The van der Waals surface area contributed by atoms with E-state index in [1.54, 1.807) is 12.1 Å². The van der Waals surface area contributed by atoms with E-state index in [1.165, 1.54) is 0 Å². The number of hydrogen-bond donors (Lipinski definition) is 2. The summed E-state index contributed by atoms with van der Waals surface area (Å²) in [5.74, 6) is 0.0432. The van der Waals surface area contributed by atoms with Gasteiger partial charge in [0, 0.05) is 0 Å². The Kier molecular flexibility index (Phi) is 2.57. The molecule has 1 aromatic carbocycles. The Morgan fingerprint density at radius 1 is 1.22 bits per heavy atom. The predicted molar refractivity (Wildman–Crippen MR) is 66.4 cm³/mol. The minimum Gasteiger partial charge on any atom is -0.336 e. The van der Waals surface area contributed by atoms with Crippen molar-refractivity contribution in [3.8, 4) is 6.07 Å². The third kappa shape index (κ3) is 1.77. The Balaban J connectivity index is 1.84. The van der Waals surface area contributed by atoms with Crippen molar-refractivity contribution in [1.82, 2.24) is 10.6 Å². The van der Waals surface area contributed by atoms with Crippen LogP contribution in [0.2, 0.25) is 0 Å². The van der Waals surface area contributed by atoms with E-state index in [1.807, 2.05) is 12.1 Å². The van der Waals surface area contributed by atoms with Crippen molar-refractivity contribution < 1.29 is 4.79 Å². The molecule has 0 aromatic heterocycles. The van der Waals surface area contributed by atoms with Crippen molar-refractivity contribution in [2.75, 3.05) is 0 Å². The highest BCUT2D eigenvalue weighted by molar-refractivity contribution is 5.86. The lowest BCUT2D eigenvalue weighted by Gasteiger charge is -2.23. The van der Waals surface area contributed by atoms with E-state index in [2.05, 4.69) is 16.7 Å². The van der Waals surface area contributed by atoms with Crippen molar-refractivity contribution in [2.45, 2.75) is 37.4 Å². The van der Waals surface area contributed by atoms with Gasteiger partial charge in [-0.1, -0.05) is 12.1 Å². The second-order valence-electron chi connectivity index (χ2n) is 5.09. The van der Waals surface area contributed by atoms with Crippen LogP contribution in [-0.4, -0.2) is 11.6 Å². The number of carbonyl (C=O) groups is 1. The van der Waals surface area contributed by atoms with E-state index in [9.17, 15) is 4.79 Å². The Bertz CT molecular complexity index is 509. The SMILES string of the molecule is N#Cc1ccc([C@@H]2NC3(CCCC3)NC2=O)cc1. The molecule has 4 nitrogen and oxygen atoms in total. The molecule has 1 saturated carbocycles. The highest BCUT2D eigenvalue weighted by Gasteiger charge is 2.45. The molecular weight excluding hydrogens is 226 g/mol. The summed E-state index contributed by atoms with van der Waals surface area (Å²) >= 11 is 0. The van der Waals surface area contributed by atoms with Crippen molar-refractivity contribution in [2.24, 2.45) is 0 Å². The fourth-order valence-corrected chi connectivity index (χ4v) is 2.92. The van der Waals surface area contributed by atoms with Gasteiger partial charge in [0.1, 0.15) is 6.04 Å². The van der Waals surface area contributed by atoms with Gasteiger partial charge < -0.3 is 5.32 Å². The highest BCUT2D eigenvalue weighted by atomic mass is 16.2. The van der Waals surface area contributed by atoms with Crippen LogP contribution in [0.4, 0.5) is 0 Å². The normalized spacial score (nSPS) is 25.1. The van der Waals surface area contributed by atoms with Crippen LogP contribution in [0.5, 0.6) is 0 Å². The Morgan fingerprint density at radius 2 is 1.89 bits per heavy atom. The standard InChI is InChI=1S/C14H15N3O/c15-9-10-3-5-11(6-4-10)12-13(18)17-14(16-12)7-1-2-8-14/h3-6,12,16H,1-2,7-8H2,(H,17,18)/t12-/m0/s1. The van der Waals surface area contributed by atoms with Crippen molar-refractivity contribution in [1.29, 1.82) is 5.26 Å². The molecule has 2 fully saturated rings. The van der Waals surface area contributed by atoms with Gasteiger partial charge in [-0.05, 0) is 43.4 Å². The number of rotatable bonds is 1. The van der Waals surface area contributed by atoms with Crippen LogP contribution in [0.15, 0.2) is 24.3 Å². The van der Waals surface area contributed by atoms with Crippen LogP contribution in [0.25, 0.3) is 0 Å². The van der Waals surface area contributed by atoms with Gasteiger partial charge in [0.05, 0.1) is 17.3 Å². The summed E-state index contributed by atoms with van der Waals surface area (Å²) in [5, 5.41) is 15.3. The van der Waals surface area contributed by atoms with Crippen molar-refractivity contribution >= 4 is 5.91 Å². The van der Waals surface area contributed by atoms with Crippen molar-refractivity contribution in [3.05, 3.63) is 35.4 Å². The molecule has 1 aromatic rings. The van der Waals surface area contributed by atoms with Crippen LogP contribution < -0.4 is 10.6 Å². The van der Waals surface area contributed by atoms with E-state index in [0.717, 1.165) is 31.2 Å². The number of nitriles is 1. The summed E-state index contributed by atoms with van der Waals surface area (Å²) in [6.45, 7) is 0. The molecule has 1 aliphatic carbocycles. The van der Waals surface area contributed by atoms with Gasteiger partial charge in [0.25, 0.3) is 0 Å². The zero-order chi connectivity index (χ0) is 12.6. The lowest BCUT2D eigenvalue weighted by Crippen LogP contribution is -2.46. The summed E-state index contributed by atoms with van der Waals surface area (Å²) in [6, 6.07) is 9.01. The number of benzene rings is 1. The second-order valence-corrected chi connectivity index (χ2v) is 5.09. The largest absolute Gasteiger partial charge is 0.336 e. The van der Waals surface area contributed by atoms with Gasteiger partial charge in [-0.25, -0.2) is 0 Å². The van der Waals surface area contributed by atoms with Crippen LogP contribution in [0, 0.1) is 11.3 Å². The summed E-state index contributed by atoms with van der Waals surface area (Å²) in [4.78, 5) is 12.1. The summed E-state index contributed by atoms with van der Waals surface area (Å²) < 4.78 is 0. The second kappa shape index (κ2) is 4.11. The minimum absolute atomic E-state index is 0.0432. The van der Waals surface area contributed by atoms with E-state index in [4.69, 9.17) is 5.26 Å². The fourth-order valence-electron chi connectivity index (χ4n) is 2.92. The summed E-state index contributed by atoms with van der Waals surface area (Å²) in [6.07, 6.45) is 4.33. The maximum atomic E-state index is 12.1. The van der Waals surface area contributed by atoms with E-state index in [0.29, 0.717) is 5.56 Å². The van der Waals surface area contributed by atoms with E-state index < -0.39 is 0 Å². The van der Waals surface area contributed by atoms with Gasteiger partial charge in [0.15, 0.2) is 0 Å². The van der Waals surface area contributed by atoms with E-state index in [-0.39, 0.29) is 17.6 Å².